The third-order valence-corrected chi connectivity index (χ3v) is 5.83. The number of aryl methyl sites for hydroxylation is 1. The third kappa shape index (κ3) is 4.12. The normalized spacial score (nSPS) is 11.7. The maximum absolute atomic E-state index is 14.1. The molecule has 36 heavy (non-hydrogen) atoms. The van der Waals surface area contributed by atoms with E-state index in [1.54, 1.807) is 10.8 Å². The number of nitrogens with zero attached hydrogens (tertiary/aromatic N) is 6. The molecule has 0 aliphatic carbocycles. The zero-order valence-electron chi connectivity index (χ0n) is 19.7. The smallest absolute Gasteiger partial charge is 0.266 e. The molecule has 176 valence electrons. The van der Waals surface area contributed by atoms with Crippen molar-refractivity contribution < 1.29 is 0 Å². The summed E-state index contributed by atoms with van der Waals surface area (Å²) < 4.78 is 1.59. The molecule has 0 amide bonds. The van der Waals surface area contributed by atoms with E-state index in [9.17, 15) is 10.1 Å². The molecule has 5 aromatic rings. The fraction of sp³-hybridized carbons (Fsp3) is 0.111. The van der Waals surface area contributed by atoms with Crippen LogP contribution in [0.4, 0.5) is 11.8 Å². The van der Waals surface area contributed by atoms with Crippen LogP contribution in [0.2, 0.25) is 0 Å². The number of pyridine rings is 1. The molecule has 2 aromatic carbocycles. The van der Waals surface area contributed by atoms with Crippen molar-refractivity contribution in [1.29, 1.82) is 5.26 Å². The van der Waals surface area contributed by atoms with Crippen LogP contribution in [0.5, 0.6) is 0 Å². The van der Waals surface area contributed by atoms with Crippen LogP contribution in [-0.2, 0) is 0 Å². The van der Waals surface area contributed by atoms with Crippen molar-refractivity contribution in [2.45, 2.75) is 19.9 Å². The predicted octanol–water partition coefficient (Wildman–Crippen LogP) is 4.17. The Kier molecular flexibility index (Phi) is 5.84. The van der Waals surface area contributed by atoms with Crippen LogP contribution < -0.4 is 16.6 Å². The number of aromatic nitrogens is 5. The molecule has 0 spiro atoms. The lowest BCUT2D eigenvalue weighted by Crippen LogP contribution is -2.28. The van der Waals surface area contributed by atoms with Crippen molar-refractivity contribution in [3.63, 3.8) is 0 Å². The molecule has 0 radical (unpaired) electrons. The summed E-state index contributed by atoms with van der Waals surface area (Å²) in [6, 6.07) is 20.3. The summed E-state index contributed by atoms with van der Waals surface area (Å²) >= 11 is 0. The van der Waals surface area contributed by atoms with E-state index in [0.29, 0.717) is 22.4 Å². The highest BCUT2D eigenvalue weighted by molar-refractivity contribution is 5.94. The van der Waals surface area contributed by atoms with Gasteiger partial charge in [-0.05, 0) is 43.7 Å². The fourth-order valence-electron chi connectivity index (χ4n) is 4.09. The van der Waals surface area contributed by atoms with Gasteiger partial charge in [-0.1, -0.05) is 36.4 Å². The summed E-state index contributed by atoms with van der Waals surface area (Å²) in [7, 11) is 0. The van der Waals surface area contributed by atoms with Gasteiger partial charge in [0.2, 0.25) is 5.95 Å². The van der Waals surface area contributed by atoms with Crippen molar-refractivity contribution in [3.05, 3.63) is 100 Å². The number of anilines is 2. The highest BCUT2D eigenvalue weighted by Crippen LogP contribution is 2.28. The molecular formula is C27H22N8O. The molecule has 0 aliphatic rings. The average Bonchev–Trinajstić information content (AvgIpc) is 2.89. The van der Waals surface area contributed by atoms with Gasteiger partial charge in [0.1, 0.15) is 23.3 Å². The Hall–Kier alpha value is -5.10. The maximum Gasteiger partial charge on any atom is 0.266 e. The number of hydrogen-bond acceptors (Lipinski definition) is 8. The van der Waals surface area contributed by atoms with Gasteiger partial charge in [0.25, 0.3) is 5.56 Å². The number of nitrogens with one attached hydrogen (secondary N) is 1. The van der Waals surface area contributed by atoms with Crippen molar-refractivity contribution in [3.8, 4) is 22.9 Å². The molecule has 3 aromatic heterocycles. The van der Waals surface area contributed by atoms with Crippen LogP contribution in [0.15, 0.2) is 77.9 Å². The summed E-state index contributed by atoms with van der Waals surface area (Å²) in [5, 5.41) is 13.2. The second kappa shape index (κ2) is 9.27. The number of nitriles is 1. The Morgan fingerprint density at radius 1 is 1.00 bits per heavy atom. The van der Waals surface area contributed by atoms with E-state index in [-0.39, 0.29) is 22.9 Å². The molecule has 3 N–H and O–H groups in total. The minimum atomic E-state index is -0.506. The van der Waals surface area contributed by atoms with Crippen LogP contribution in [0, 0.1) is 18.3 Å². The molecule has 5 rings (SSSR count). The van der Waals surface area contributed by atoms with Gasteiger partial charge in [-0.2, -0.15) is 10.2 Å². The van der Waals surface area contributed by atoms with E-state index in [4.69, 9.17) is 10.7 Å². The third-order valence-electron chi connectivity index (χ3n) is 5.83. The van der Waals surface area contributed by atoms with Gasteiger partial charge >= 0.3 is 0 Å². The Morgan fingerprint density at radius 3 is 2.53 bits per heavy atom. The molecule has 3 heterocycles. The maximum atomic E-state index is 14.1. The van der Waals surface area contributed by atoms with Gasteiger partial charge in [-0.25, -0.2) is 9.97 Å². The lowest BCUT2D eigenvalue weighted by atomic mass is 10.0. The van der Waals surface area contributed by atoms with E-state index in [1.807, 2.05) is 74.5 Å². The summed E-state index contributed by atoms with van der Waals surface area (Å²) in [4.78, 5) is 31.5. The van der Waals surface area contributed by atoms with Gasteiger partial charge in [0.15, 0.2) is 0 Å². The van der Waals surface area contributed by atoms with Crippen LogP contribution in [0.25, 0.3) is 27.7 Å². The Bertz CT molecular complexity index is 1670. The lowest BCUT2D eigenvalue weighted by molar-refractivity contribution is 0.731. The van der Waals surface area contributed by atoms with Gasteiger partial charge in [-0.15, -0.1) is 0 Å². The van der Waals surface area contributed by atoms with Crippen molar-refractivity contribution >= 4 is 22.7 Å². The molecular weight excluding hydrogens is 452 g/mol. The van der Waals surface area contributed by atoms with Gasteiger partial charge in [0, 0.05) is 17.5 Å². The standard InChI is InChI=1S/C27H22N8O/c1-16-11-12-18(14-30-16)21-9-6-10-22-23(21)26(36)35(20-7-4-3-5-8-20)25(33-22)17(2)32-24-19(13-28)15-31-27(29)34-24/h3-12,14-15,17H,1-2H3,(H3,29,31,32,34). The summed E-state index contributed by atoms with van der Waals surface area (Å²) in [5.41, 5.74) is 9.47. The molecule has 1 unspecified atom stereocenters. The van der Waals surface area contributed by atoms with Crippen molar-refractivity contribution in [2.24, 2.45) is 0 Å². The van der Waals surface area contributed by atoms with Gasteiger partial charge < -0.3 is 11.1 Å². The average molecular weight is 475 g/mol. The largest absolute Gasteiger partial charge is 0.368 e. The predicted molar refractivity (Wildman–Crippen MR) is 139 cm³/mol. The number of nitrogen functional groups attached to an aromatic ring is 1. The van der Waals surface area contributed by atoms with E-state index < -0.39 is 6.04 Å². The second-order valence-corrected chi connectivity index (χ2v) is 8.30. The molecule has 0 bridgehead atoms. The lowest BCUT2D eigenvalue weighted by Gasteiger charge is -2.21. The highest BCUT2D eigenvalue weighted by atomic mass is 16.1. The van der Waals surface area contributed by atoms with E-state index in [1.165, 1.54) is 6.20 Å². The minimum absolute atomic E-state index is 0.0342. The van der Waals surface area contributed by atoms with Crippen LogP contribution in [0.3, 0.4) is 0 Å². The first-order valence-electron chi connectivity index (χ1n) is 11.3. The summed E-state index contributed by atoms with van der Waals surface area (Å²) in [6.45, 7) is 3.76. The molecule has 9 nitrogen and oxygen atoms in total. The zero-order valence-corrected chi connectivity index (χ0v) is 19.7. The summed E-state index contributed by atoms with van der Waals surface area (Å²) in [5.74, 6) is 0.761. The van der Waals surface area contributed by atoms with Crippen molar-refractivity contribution in [1.82, 2.24) is 24.5 Å². The minimum Gasteiger partial charge on any atom is -0.368 e. The van der Waals surface area contributed by atoms with Crippen molar-refractivity contribution in [2.75, 3.05) is 11.1 Å². The quantitative estimate of drug-likeness (QED) is 0.387. The number of benzene rings is 2. The number of para-hydroxylation sites is 1. The molecule has 0 fully saturated rings. The Balaban J connectivity index is 1.74. The van der Waals surface area contributed by atoms with Gasteiger partial charge in [0.05, 0.1) is 28.8 Å². The first kappa shape index (κ1) is 22.7. The molecule has 9 heteroatoms. The first-order chi connectivity index (χ1) is 17.5. The van der Waals surface area contributed by atoms with E-state index in [2.05, 4.69) is 26.3 Å². The number of hydrogen-bond donors (Lipinski definition) is 2. The van der Waals surface area contributed by atoms with E-state index >= 15 is 0 Å². The molecule has 0 aliphatic heterocycles. The molecule has 0 saturated carbocycles. The number of nitrogens with two attached hydrogens (primary N) is 1. The van der Waals surface area contributed by atoms with Gasteiger partial charge in [-0.3, -0.25) is 14.3 Å². The molecule has 1 atom stereocenters. The molecule has 0 saturated heterocycles. The fourth-order valence-corrected chi connectivity index (χ4v) is 4.09. The summed E-state index contributed by atoms with van der Waals surface area (Å²) in [6.07, 6.45) is 3.12. The highest BCUT2D eigenvalue weighted by Gasteiger charge is 2.21. The zero-order chi connectivity index (χ0) is 25.2. The Labute approximate surface area is 206 Å². The second-order valence-electron chi connectivity index (χ2n) is 8.30. The van der Waals surface area contributed by atoms with Crippen LogP contribution >= 0.6 is 0 Å². The van der Waals surface area contributed by atoms with Crippen LogP contribution in [0.1, 0.15) is 30.0 Å². The van der Waals surface area contributed by atoms with Crippen LogP contribution in [-0.4, -0.2) is 24.5 Å². The number of rotatable bonds is 5. The SMILES string of the molecule is Cc1ccc(-c2cccc3nc(C(C)Nc4nc(N)ncc4C#N)n(-c4ccccc4)c(=O)c23)cn1. The first-order valence-corrected chi connectivity index (χ1v) is 11.3. The number of fused-ring (bicyclic) bond motifs is 1. The monoisotopic (exact) mass is 474 g/mol. The van der Waals surface area contributed by atoms with E-state index in [0.717, 1.165) is 16.8 Å². The topological polar surface area (TPSA) is 135 Å². The Morgan fingerprint density at radius 2 is 1.81 bits per heavy atom.